The molecule has 1 aromatic carbocycles. The first-order valence-corrected chi connectivity index (χ1v) is 4.30. The minimum Gasteiger partial charge on any atom is -0.496 e. The zero-order valence-corrected chi connectivity index (χ0v) is 9.32. The molecule has 1 rings (SSSR count). The number of rotatable bonds is 4. The Morgan fingerprint density at radius 2 is 2.00 bits per heavy atom. The van der Waals surface area contributed by atoms with E-state index in [9.17, 15) is 0 Å². The fourth-order valence-corrected chi connectivity index (χ4v) is 1.29. The maximum Gasteiger partial charge on any atom is 0.137 e. The van der Waals surface area contributed by atoms with Gasteiger partial charge in [-0.15, -0.1) is 12.4 Å². The molecule has 0 spiro atoms. The highest BCUT2D eigenvalue weighted by Crippen LogP contribution is 2.32. The summed E-state index contributed by atoms with van der Waals surface area (Å²) in [5, 5.41) is -0.0545. The van der Waals surface area contributed by atoms with Crippen LogP contribution in [0.25, 0.3) is 0 Å². The summed E-state index contributed by atoms with van der Waals surface area (Å²) in [7, 11) is -5.30. The van der Waals surface area contributed by atoms with E-state index in [-0.39, 0.29) is 35.5 Å². The van der Waals surface area contributed by atoms with Gasteiger partial charge in [-0.05, 0) is 24.6 Å². The molecule has 86 valence electrons. The number of nitrogens with two attached hydrogens (primary N) is 1. The first kappa shape index (κ1) is 6.84. The van der Waals surface area contributed by atoms with Crippen molar-refractivity contribution in [1.29, 1.82) is 0 Å². The van der Waals surface area contributed by atoms with Crippen LogP contribution in [0.1, 0.15) is 13.8 Å². The molecule has 0 bridgehead atoms. The number of halogens is 2. The molecule has 2 N–H and O–H groups in total. The summed E-state index contributed by atoms with van der Waals surface area (Å²) in [5.74, 6) is -0.0497. The van der Waals surface area contributed by atoms with Crippen molar-refractivity contribution in [2.45, 2.75) is 6.42 Å². The van der Waals surface area contributed by atoms with Gasteiger partial charge in [-0.3, -0.25) is 0 Å². The van der Waals surface area contributed by atoms with E-state index in [1.807, 2.05) is 0 Å². The summed E-state index contributed by atoms with van der Waals surface area (Å²) in [5.41, 5.74) is 5.84. The smallest absolute Gasteiger partial charge is 0.137 e. The summed E-state index contributed by atoms with van der Waals surface area (Å²) in [4.78, 5) is 0. The summed E-state index contributed by atoms with van der Waals surface area (Å²) < 4.78 is 51.9. The van der Waals surface area contributed by atoms with Crippen molar-refractivity contribution >= 4 is 24.0 Å². The van der Waals surface area contributed by atoms with Crippen LogP contribution in [0.3, 0.4) is 0 Å². The van der Waals surface area contributed by atoms with Crippen LogP contribution in [0.4, 0.5) is 0 Å². The Bertz CT molecular complexity index is 478. The van der Waals surface area contributed by atoms with Gasteiger partial charge in [0.05, 0.1) is 27.3 Å². The van der Waals surface area contributed by atoms with E-state index < -0.39 is 14.1 Å². The van der Waals surface area contributed by atoms with Gasteiger partial charge in [0.15, 0.2) is 0 Å². The van der Waals surface area contributed by atoms with Gasteiger partial charge < -0.3 is 15.2 Å². The molecule has 0 aliphatic rings. The van der Waals surface area contributed by atoms with Crippen molar-refractivity contribution in [1.82, 2.24) is 0 Å². The Morgan fingerprint density at radius 1 is 1.33 bits per heavy atom. The molecule has 0 unspecified atom stereocenters. The van der Waals surface area contributed by atoms with Gasteiger partial charge >= 0.3 is 0 Å². The SMILES string of the molecule is Cl.[2H]C([2H])([2H])Oc1cc(CCN)c(OC([2H])([2H])[2H])cc1Cl. The van der Waals surface area contributed by atoms with Crippen LogP contribution in [-0.4, -0.2) is 20.6 Å². The lowest BCUT2D eigenvalue weighted by Crippen LogP contribution is -2.04. The molecule has 0 aromatic heterocycles. The van der Waals surface area contributed by atoms with Gasteiger partial charge in [-0.1, -0.05) is 11.6 Å². The van der Waals surface area contributed by atoms with Crippen LogP contribution in [0.5, 0.6) is 11.5 Å². The average Bonchev–Trinajstić information content (AvgIpc) is 2.20. The van der Waals surface area contributed by atoms with Crippen LogP contribution in [0.15, 0.2) is 12.1 Å². The number of methoxy groups -OCH3 is 2. The van der Waals surface area contributed by atoms with Gasteiger partial charge in [-0.25, -0.2) is 0 Å². The van der Waals surface area contributed by atoms with Crippen molar-refractivity contribution in [3.05, 3.63) is 22.7 Å². The molecule has 0 aliphatic heterocycles. The molecule has 0 heterocycles. The third-order valence-electron chi connectivity index (χ3n) is 1.75. The third-order valence-corrected chi connectivity index (χ3v) is 2.04. The Kier molecular flexibility index (Phi) is 3.09. The molecule has 0 radical (unpaired) electrons. The van der Waals surface area contributed by atoms with Gasteiger partial charge in [-0.2, -0.15) is 0 Å². The predicted octanol–water partition coefficient (Wildman–Crippen LogP) is 2.28. The fraction of sp³-hybridized carbons (Fsp3) is 0.400. The Balaban J connectivity index is 0.00000400. The van der Waals surface area contributed by atoms with Crippen molar-refractivity contribution in [3.63, 3.8) is 0 Å². The lowest BCUT2D eigenvalue weighted by atomic mass is 10.1. The van der Waals surface area contributed by atoms with Crippen molar-refractivity contribution in [3.8, 4) is 11.5 Å². The summed E-state index contributed by atoms with van der Waals surface area (Å²) in [6, 6.07) is 2.53. The van der Waals surface area contributed by atoms with E-state index in [2.05, 4.69) is 0 Å². The Morgan fingerprint density at radius 3 is 2.60 bits per heavy atom. The maximum absolute atomic E-state index is 7.08. The molecule has 0 saturated heterocycles. The molecule has 0 aliphatic carbocycles. The second kappa shape index (κ2) is 6.77. The van der Waals surface area contributed by atoms with Gasteiger partial charge in [0.25, 0.3) is 0 Å². The van der Waals surface area contributed by atoms with E-state index in [0.717, 1.165) is 0 Å². The number of hydrogen-bond acceptors (Lipinski definition) is 3. The van der Waals surface area contributed by atoms with Crippen LogP contribution < -0.4 is 15.2 Å². The van der Waals surface area contributed by atoms with E-state index in [4.69, 9.17) is 35.0 Å². The predicted molar refractivity (Wildman–Crippen MR) is 64.6 cm³/mol. The fourth-order valence-electron chi connectivity index (χ4n) is 1.10. The molecule has 0 saturated carbocycles. The molecule has 0 fully saturated rings. The summed E-state index contributed by atoms with van der Waals surface area (Å²) in [6.45, 7) is 0.228. The zero-order chi connectivity index (χ0) is 15.6. The van der Waals surface area contributed by atoms with Crippen LogP contribution in [0, 0.1) is 0 Å². The summed E-state index contributed by atoms with van der Waals surface area (Å²) in [6.07, 6.45) is 0.292. The van der Waals surface area contributed by atoms with Crippen molar-refractivity contribution in [2.75, 3.05) is 20.6 Å². The van der Waals surface area contributed by atoms with E-state index >= 15 is 0 Å². The monoisotopic (exact) mass is 257 g/mol. The number of hydrogen-bond donors (Lipinski definition) is 1. The topological polar surface area (TPSA) is 44.5 Å². The van der Waals surface area contributed by atoms with Gasteiger partial charge in [0.2, 0.25) is 0 Å². The largest absolute Gasteiger partial charge is 0.496 e. The molecular weight excluding hydrogens is 237 g/mol. The lowest BCUT2D eigenvalue weighted by molar-refractivity contribution is 0.399. The standard InChI is InChI=1S/C10H14ClNO2.ClH/c1-13-9-6-8(11)10(14-2)5-7(9)3-4-12;/h5-6H,3-4,12H2,1-2H3;1H/i1D3,2D3;. The number of ether oxygens (including phenoxy) is 2. The molecule has 0 atom stereocenters. The Labute approximate surface area is 109 Å². The molecule has 0 amide bonds. The second-order valence-corrected chi connectivity index (χ2v) is 3.04. The van der Waals surface area contributed by atoms with Crippen molar-refractivity contribution < 1.29 is 17.7 Å². The summed E-state index contributed by atoms with van der Waals surface area (Å²) >= 11 is 5.87. The molecular formula is C10H15Cl2NO2. The van der Waals surface area contributed by atoms with Crippen LogP contribution in [-0.2, 0) is 6.42 Å². The Hall–Kier alpha value is -0.640. The second-order valence-electron chi connectivity index (χ2n) is 2.63. The van der Waals surface area contributed by atoms with Crippen LogP contribution >= 0.6 is 24.0 Å². The lowest BCUT2D eigenvalue weighted by Gasteiger charge is -2.11. The molecule has 15 heavy (non-hydrogen) atoms. The van der Waals surface area contributed by atoms with E-state index in [1.165, 1.54) is 12.1 Å². The number of benzene rings is 1. The minimum absolute atomic E-state index is 0. The van der Waals surface area contributed by atoms with E-state index in [1.54, 1.807) is 0 Å². The zero-order valence-electron chi connectivity index (χ0n) is 13.7. The van der Waals surface area contributed by atoms with E-state index in [0.29, 0.717) is 12.0 Å². The van der Waals surface area contributed by atoms with Crippen LogP contribution in [0.2, 0.25) is 5.02 Å². The molecule has 1 aromatic rings. The maximum atomic E-state index is 7.08. The average molecular weight is 258 g/mol. The highest BCUT2D eigenvalue weighted by Gasteiger charge is 2.08. The quantitative estimate of drug-likeness (QED) is 0.901. The molecule has 5 heteroatoms. The first-order valence-electron chi connectivity index (χ1n) is 6.92. The molecule has 3 nitrogen and oxygen atoms in total. The van der Waals surface area contributed by atoms with Gasteiger partial charge in [0.1, 0.15) is 11.5 Å². The van der Waals surface area contributed by atoms with Gasteiger partial charge in [0, 0.05) is 6.07 Å². The third kappa shape index (κ3) is 3.45. The minimum atomic E-state index is -2.66. The highest BCUT2D eigenvalue weighted by molar-refractivity contribution is 6.32. The normalized spacial score (nSPS) is 16.9. The highest BCUT2D eigenvalue weighted by atomic mass is 35.5. The van der Waals surface area contributed by atoms with Crippen molar-refractivity contribution in [2.24, 2.45) is 5.73 Å². The first-order chi connectivity index (χ1) is 9.02.